The molecule has 0 radical (unpaired) electrons. The average Bonchev–Trinajstić information content (AvgIpc) is 2.27. The first-order valence-corrected chi connectivity index (χ1v) is 5.51. The number of methoxy groups -OCH3 is 1. The van der Waals surface area contributed by atoms with Crippen molar-refractivity contribution in [1.29, 1.82) is 0 Å². The van der Waals surface area contributed by atoms with Gasteiger partial charge in [0.05, 0.1) is 7.11 Å². The highest BCUT2D eigenvalue weighted by Crippen LogP contribution is 2.28. The Balaban J connectivity index is 2.32. The average molecular weight is 219 g/mol. The van der Waals surface area contributed by atoms with Crippen LogP contribution in [0.25, 0.3) is 0 Å². The van der Waals surface area contributed by atoms with Gasteiger partial charge in [-0.2, -0.15) is 0 Å². The number of carbonyl (C=O) groups excluding carboxylic acids is 1. The molecule has 2 rings (SSSR count). The van der Waals surface area contributed by atoms with Gasteiger partial charge in [0, 0.05) is 6.42 Å². The Bertz CT molecular complexity index is 428. The van der Waals surface area contributed by atoms with Crippen LogP contribution >= 0.6 is 0 Å². The van der Waals surface area contributed by atoms with E-state index < -0.39 is 5.54 Å². The predicted molar refractivity (Wildman–Crippen MR) is 62.1 cm³/mol. The van der Waals surface area contributed by atoms with Crippen LogP contribution in [0.3, 0.4) is 0 Å². The molecule has 2 N–H and O–H groups in total. The minimum absolute atomic E-state index is 0.306. The number of esters is 1. The van der Waals surface area contributed by atoms with E-state index in [9.17, 15) is 4.79 Å². The molecule has 0 saturated heterocycles. The van der Waals surface area contributed by atoms with Crippen molar-refractivity contribution in [2.75, 3.05) is 7.11 Å². The summed E-state index contributed by atoms with van der Waals surface area (Å²) in [5.41, 5.74) is 8.95. The van der Waals surface area contributed by atoms with Crippen molar-refractivity contribution in [2.45, 2.75) is 31.7 Å². The summed E-state index contributed by atoms with van der Waals surface area (Å²) in [6, 6.07) is 6.33. The van der Waals surface area contributed by atoms with Crippen LogP contribution in [0, 0.1) is 6.92 Å². The maximum absolute atomic E-state index is 11.6. The fourth-order valence-corrected chi connectivity index (χ4v) is 2.33. The van der Waals surface area contributed by atoms with Gasteiger partial charge in [-0.1, -0.05) is 23.8 Å². The van der Waals surface area contributed by atoms with Gasteiger partial charge in [-0.3, -0.25) is 4.79 Å². The van der Waals surface area contributed by atoms with Crippen LogP contribution in [0.15, 0.2) is 18.2 Å². The molecular formula is C13H17NO2. The van der Waals surface area contributed by atoms with Crippen LogP contribution in [0.4, 0.5) is 0 Å². The predicted octanol–water partition coefficient (Wildman–Crippen LogP) is 1.35. The number of hydrogen-bond acceptors (Lipinski definition) is 3. The molecule has 1 aliphatic rings. The maximum atomic E-state index is 11.6. The summed E-state index contributed by atoms with van der Waals surface area (Å²) in [7, 11) is 1.39. The molecule has 0 aliphatic heterocycles. The van der Waals surface area contributed by atoms with Crippen LogP contribution in [0.2, 0.25) is 0 Å². The Morgan fingerprint density at radius 2 is 2.19 bits per heavy atom. The molecule has 3 nitrogen and oxygen atoms in total. The monoisotopic (exact) mass is 219 g/mol. The lowest BCUT2D eigenvalue weighted by Crippen LogP contribution is -2.52. The first-order valence-electron chi connectivity index (χ1n) is 5.51. The minimum atomic E-state index is -0.838. The molecule has 0 bridgehead atoms. The van der Waals surface area contributed by atoms with Crippen molar-refractivity contribution in [3.8, 4) is 0 Å². The zero-order chi connectivity index (χ0) is 11.8. The van der Waals surface area contributed by atoms with E-state index in [1.807, 2.05) is 6.92 Å². The molecule has 0 amide bonds. The highest BCUT2D eigenvalue weighted by Gasteiger charge is 2.38. The molecule has 0 aromatic heterocycles. The van der Waals surface area contributed by atoms with E-state index in [-0.39, 0.29) is 5.97 Å². The molecule has 16 heavy (non-hydrogen) atoms. The van der Waals surface area contributed by atoms with Crippen molar-refractivity contribution in [1.82, 2.24) is 0 Å². The minimum Gasteiger partial charge on any atom is -0.468 e. The summed E-state index contributed by atoms with van der Waals surface area (Å²) in [6.07, 6.45) is 2.09. The molecule has 86 valence electrons. The van der Waals surface area contributed by atoms with Gasteiger partial charge in [0.15, 0.2) is 0 Å². The Morgan fingerprint density at radius 1 is 1.44 bits per heavy atom. The third kappa shape index (κ3) is 1.83. The van der Waals surface area contributed by atoms with Crippen LogP contribution < -0.4 is 5.73 Å². The van der Waals surface area contributed by atoms with E-state index in [0.29, 0.717) is 12.8 Å². The first-order chi connectivity index (χ1) is 7.55. The second-order valence-electron chi connectivity index (χ2n) is 4.60. The molecule has 0 saturated carbocycles. The zero-order valence-corrected chi connectivity index (χ0v) is 9.75. The second kappa shape index (κ2) is 3.91. The van der Waals surface area contributed by atoms with Crippen LogP contribution in [-0.2, 0) is 22.4 Å². The van der Waals surface area contributed by atoms with Gasteiger partial charge in [-0.25, -0.2) is 0 Å². The molecular weight excluding hydrogens is 202 g/mol. The van der Waals surface area contributed by atoms with Crippen LogP contribution in [-0.4, -0.2) is 18.6 Å². The first kappa shape index (κ1) is 11.1. The summed E-state index contributed by atoms with van der Waals surface area (Å²) in [6.45, 7) is 2.05. The molecule has 0 unspecified atom stereocenters. The fraction of sp³-hybridized carbons (Fsp3) is 0.462. The molecule has 0 heterocycles. The summed E-state index contributed by atoms with van der Waals surface area (Å²) in [5, 5.41) is 0. The zero-order valence-electron chi connectivity index (χ0n) is 9.75. The number of nitrogens with two attached hydrogens (primary N) is 1. The molecule has 1 aliphatic carbocycles. The van der Waals surface area contributed by atoms with Crippen molar-refractivity contribution in [3.05, 3.63) is 34.9 Å². The van der Waals surface area contributed by atoms with Crippen molar-refractivity contribution in [3.63, 3.8) is 0 Å². The summed E-state index contributed by atoms with van der Waals surface area (Å²) in [5.74, 6) is -0.306. The molecule has 1 atom stereocenters. The number of hydrogen-bond donors (Lipinski definition) is 1. The number of ether oxygens (including phenoxy) is 1. The Morgan fingerprint density at radius 3 is 2.88 bits per heavy atom. The standard InChI is InChI=1S/C13H17NO2/c1-9-3-4-10-5-6-13(14,12(15)16-2)8-11(10)7-9/h3-4,7H,5-6,8,14H2,1-2H3/t13-/m1/s1. The molecule has 1 aromatic rings. The number of fused-ring (bicyclic) bond motifs is 1. The Kier molecular flexibility index (Phi) is 2.72. The highest BCUT2D eigenvalue weighted by atomic mass is 16.5. The second-order valence-corrected chi connectivity index (χ2v) is 4.60. The lowest BCUT2D eigenvalue weighted by Gasteiger charge is -2.32. The quantitative estimate of drug-likeness (QED) is 0.725. The van der Waals surface area contributed by atoms with E-state index in [1.54, 1.807) is 0 Å². The number of rotatable bonds is 1. The van der Waals surface area contributed by atoms with E-state index >= 15 is 0 Å². The van der Waals surface area contributed by atoms with Gasteiger partial charge in [0.25, 0.3) is 0 Å². The van der Waals surface area contributed by atoms with E-state index in [1.165, 1.54) is 23.8 Å². The summed E-state index contributed by atoms with van der Waals surface area (Å²) in [4.78, 5) is 11.6. The SMILES string of the molecule is COC(=O)[C@@]1(N)CCc2ccc(C)cc2C1. The van der Waals surface area contributed by atoms with Crippen molar-refractivity contribution in [2.24, 2.45) is 5.73 Å². The molecule has 1 aromatic carbocycles. The van der Waals surface area contributed by atoms with E-state index in [0.717, 1.165) is 6.42 Å². The number of benzene rings is 1. The smallest absolute Gasteiger partial charge is 0.326 e. The number of carbonyl (C=O) groups is 1. The largest absolute Gasteiger partial charge is 0.468 e. The van der Waals surface area contributed by atoms with Gasteiger partial charge >= 0.3 is 5.97 Å². The van der Waals surface area contributed by atoms with Gasteiger partial charge < -0.3 is 10.5 Å². The van der Waals surface area contributed by atoms with Gasteiger partial charge in [-0.15, -0.1) is 0 Å². The topological polar surface area (TPSA) is 52.3 Å². The van der Waals surface area contributed by atoms with Crippen LogP contribution in [0.5, 0.6) is 0 Å². The van der Waals surface area contributed by atoms with Crippen molar-refractivity contribution >= 4 is 5.97 Å². The van der Waals surface area contributed by atoms with Gasteiger partial charge in [-0.05, 0) is 30.9 Å². The lowest BCUT2D eigenvalue weighted by atomic mass is 9.78. The molecule has 0 fully saturated rings. The van der Waals surface area contributed by atoms with E-state index in [2.05, 4.69) is 18.2 Å². The third-order valence-electron chi connectivity index (χ3n) is 3.30. The summed E-state index contributed by atoms with van der Waals surface area (Å²) >= 11 is 0. The molecule has 3 heteroatoms. The fourth-order valence-electron chi connectivity index (χ4n) is 2.33. The van der Waals surface area contributed by atoms with Gasteiger partial charge in [0.1, 0.15) is 5.54 Å². The third-order valence-corrected chi connectivity index (χ3v) is 3.30. The van der Waals surface area contributed by atoms with Gasteiger partial charge in [0.2, 0.25) is 0 Å². The normalized spacial score (nSPS) is 23.7. The van der Waals surface area contributed by atoms with E-state index in [4.69, 9.17) is 10.5 Å². The number of aryl methyl sites for hydroxylation is 2. The van der Waals surface area contributed by atoms with Crippen LogP contribution in [0.1, 0.15) is 23.1 Å². The Labute approximate surface area is 95.6 Å². The molecule has 0 spiro atoms. The summed E-state index contributed by atoms with van der Waals surface area (Å²) < 4.78 is 4.77. The maximum Gasteiger partial charge on any atom is 0.326 e. The highest BCUT2D eigenvalue weighted by molar-refractivity contribution is 5.81. The Hall–Kier alpha value is -1.35. The van der Waals surface area contributed by atoms with Crippen molar-refractivity contribution < 1.29 is 9.53 Å². The lowest BCUT2D eigenvalue weighted by molar-refractivity contribution is -0.147.